The molecule has 0 atom stereocenters. The van der Waals surface area contributed by atoms with Crippen molar-refractivity contribution in [2.75, 3.05) is 0 Å². The summed E-state index contributed by atoms with van der Waals surface area (Å²) in [4.78, 5) is 24.5. The largest absolute Gasteiger partial charge is 0.478 e. The molecule has 6 heteroatoms. The molecule has 0 bridgehead atoms. The van der Waals surface area contributed by atoms with E-state index in [0.29, 0.717) is 12.2 Å². The molecule has 0 fully saturated rings. The number of aryl methyl sites for hydroxylation is 4. The lowest BCUT2D eigenvalue weighted by atomic mass is 10.2. The molecule has 0 aliphatic rings. The maximum Gasteiger partial charge on any atom is 0.328 e. The van der Waals surface area contributed by atoms with Gasteiger partial charge in [-0.15, -0.1) is 0 Å². The lowest BCUT2D eigenvalue weighted by molar-refractivity contribution is -0.134. The second-order valence-corrected chi connectivity index (χ2v) is 10.4. The van der Waals surface area contributed by atoms with Crippen LogP contribution in [0, 0.1) is 27.7 Å². The van der Waals surface area contributed by atoms with Crippen LogP contribution in [0.1, 0.15) is 22.3 Å². The third kappa shape index (κ3) is 11.1. The highest BCUT2D eigenvalue weighted by molar-refractivity contribution is 7.99. The van der Waals surface area contributed by atoms with E-state index in [-0.39, 0.29) is 0 Å². The van der Waals surface area contributed by atoms with Gasteiger partial charge in [0.2, 0.25) is 0 Å². The highest BCUT2D eigenvalue weighted by Crippen LogP contribution is 2.32. The summed E-state index contributed by atoms with van der Waals surface area (Å²) in [6.45, 7) is 8.61. The van der Waals surface area contributed by atoms with Crippen molar-refractivity contribution in [3.8, 4) is 0 Å². The second-order valence-electron chi connectivity index (χ2n) is 8.28. The molecule has 4 nitrogen and oxygen atoms in total. The van der Waals surface area contributed by atoms with Crippen molar-refractivity contribution in [1.29, 1.82) is 0 Å². The molecule has 0 saturated carbocycles. The van der Waals surface area contributed by atoms with Crippen LogP contribution in [0.3, 0.4) is 0 Å². The van der Waals surface area contributed by atoms with Crippen LogP contribution in [0.4, 0.5) is 0 Å². The molecule has 0 amide bonds. The van der Waals surface area contributed by atoms with E-state index in [9.17, 15) is 9.59 Å². The molecule has 4 rings (SSSR count). The van der Waals surface area contributed by atoms with E-state index in [1.54, 1.807) is 0 Å². The SMILES string of the molecule is Cc1ccccc1Sc1ccccc1C.Cc1ccccc1Sc1ccccc1C.O=C(O)/C=C/C(=O)O. The third-order valence-electron chi connectivity index (χ3n) is 5.18. The third-order valence-corrected chi connectivity index (χ3v) is 7.89. The molecular weight excluding hydrogens is 512 g/mol. The van der Waals surface area contributed by atoms with E-state index in [2.05, 4.69) is 125 Å². The van der Waals surface area contributed by atoms with Crippen molar-refractivity contribution < 1.29 is 19.8 Å². The fourth-order valence-corrected chi connectivity index (χ4v) is 5.04. The number of rotatable bonds is 6. The zero-order chi connectivity index (χ0) is 27.9. The van der Waals surface area contributed by atoms with Gasteiger partial charge in [-0.2, -0.15) is 0 Å². The molecule has 0 spiro atoms. The molecule has 0 aromatic heterocycles. The van der Waals surface area contributed by atoms with Gasteiger partial charge in [0.1, 0.15) is 0 Å². The van der Waals surface area contributed by atoms with Crippen LogP contribution in [-0.4, -0.2) is 22.2 Å². The van der Waals surface area contributed by atoms with Crippen LogP contribution in [0.5, 0.6) is 0 Å². The molecule has 38 heavy (non-hydrogen) atoms. The van der Waals surface area contributed by atoms with Crippen molar-refractivity contribution in [2.45, 2.75) is 47.3 Å². The van der Waals surface area contributed by atoms with E-state index in [1.165, 1.54) is 41.8 Å². The van der Waals surface area contributed by atoms with Crippen LogP contribution in [0.25, 0.3) is 0 Å². The molecule has 2 N–H and O–H groups in total. The smallest absolute Gasteiger partial charge is 0.328 e. The van der Waals surface area contributed by atoms with Crippen LogP contribution < -0.4 is 0 Å². The van der Waals surface area contributed by atoms with Gasteiger partial charge in [-0.1, -0.05) is 96.3 Å². The number of hydrogen-bond acceptors (Lipinski definition) is 4. The van der Waals surface area contributed by atoms with E-state index < -0.39 is 11.9 Å². The molecule has 0 aliphatic carbocycles. The summed E-state index contributed by atoms with van der Waals surface area (Å²) in [6.07, 6.45) is 1.12. The van der Waals surface area contributed by atoms with Gasteiger partial charge >= 0.3 is 11.9 Å². The van der Waals surface area contributed by atoms with Crippen molar-refractivity contribution in [2.24, 2.45) is 0 Å². The van der Waals surface area contributed by atoms with E-state index in [4.69, 9.17) is 10.2 Å². The number of carbonyl (C=O) groups is 2. The summed E-state index contributed by atoms with van der Waals surface area (Å²) >= 11 is 3.68. The first kappa shape index (κ1) is 30.5. The van der Waals surface area contributed by atoms with Gasteiger partial charge in [0, 0.05) is 31.7 Å². The molecule has 0 saturated heterocycles. The molecule has 196 valence electrons. The van der Waals surface area contributed by atoms with Gasteiger partial charge in [0.05, 0.1) is 0 Å². The molecule has 4 aromatic rings. The van der Waals surface area contributed by atoms with E-state index in [0.717, 1.165) is 0 Å². The van der Waals surface area contributed by atoms with Crippen molar-refractivity contribution in [3.63, 3.8) is 0 Å². The minimum atomic E-state index is -1.26. The van der Waals surface area contributed by atoms with Gasteiger partial charge < -0.3 is 10.2 Å². The molecule has 0 heterocycles. The molecular formula is C32H32O4S2. The first-order chi connectivity index (χ1) is 18.2. The van der Waals surface area contributed by atoms with Gasteiger partial charge in [-0.05, 0) is 74.2 Å². The maximum atomic E-state index is 9.55. The predicted octanol–water partition coefficient (Wildman–Crippen LogP) is 8.62. The summed E-state index contributed by atoms with van der Waals surface area (Å²) < 4.78 is 0. The Hall–Kier alpha value is -3.74. The van der Waals surface area contributed by atoms with E-state index >= 15 is 0 Å². The Kier molecular flexibility index (Phi) is 13.0. The lowest BCUT2D eigenvalue weighted by Crippen LogP contribution is -1.91. The zero-order valence-corrected chi connectivity index (χ0v) is 23.6. The standard InChI is InChI=1S/2C14H14S.C4H4O4/c2*1-11-7-3-5-9-13(11)15-14-10-6-4-8-12(14)2;5-3(6)1-2-4(7)8/h2*3-10H,1-2H3;1-2H,(H,5,6)(H,7,8)/b;;2-1+. The van der Waals surface area contributed by atoms with Gasteiger partial charge in [0.25, 0.3) is 0 Å². The highest BCUT2D eigenvalue weighted by Gasteiger charge is 2.03. The molecule has 0 aliphatic heterocycles. The first-order valence-corrected chi connectivity index (χ1v) is 13.5. The monoisotopic (exact) mass is 544 g/mol. The number of hydrogen-bond donors (Lipinski definition) is 2. The van der Waals surface area contributed by atoms with Crippen LogP contribution in [0.2, 0.25) is 0 Å². The highest BCUT2D eigenvalue weighted by atomic mass is 32.2. The topological polar surface area (TPSA) is 74.6 Å². The van der Waals surface area contributed by atoms with Crippen LogP contribution in [-0.2, 0) is 9.59 Å². The summed E-state index contributed by atoms with van der Waals surface area (Å²) in [5.41, 5.74) is 5.35. The Balaban J connectivity index is 0.000000211. The predicted molar refractivity (Wildman–Crippen MR) is 157 cm³/mol. The summed E-state index contributed by atoms with van der Waals surface area (Å²) in [5.74, 6) is -2.51. The lowest BCUT2D eigenvalue weighted by Gasteiger charge is -2.07. The quantitative estimate of drug-likeness (QED) is 0.237. The Morgan fingerprint density at radius 2 is 0.684 bits per heavy atom. The van der Waals surface area contributed by atoms with Crippen LogP contribution >= 0.6 is 23.5 Å². The van der Waals surface area contributed by atoms with Crippen molar-refractivity contribution in [3.05, 3.63) is 131 Å². The average molecular weight is 545 g/mol. The van der Waals surface area contributed by atoms with Crippen LogP contribution in [0.15, 0.2) is 129 Å². The summed E-state index contributed by atoms with van der Waals surface area (Å²) in [7, 11) is 0. The number of carboxylic acid groups (broad SMARTS) is 2. The summed E-state index contributed by atoms with van der Waals surface area (Å²) in [6, 6.07) is 34.0. The number of carboxylic acids is 2. The van der Waals surface area contributed by atoms with Crippen molar-refractivity contribution >= 4 is 35.5 Å². The Labute approximate surface area is 233 Å². The number of aliphatic carboxylic acids is 2. The molecule has 0 unspecified atom stereocenters. The fraction of sp³-hybridized carbons (Fsp3) is 0.125. The fourth-order valence-electron chi connectivity index (χ4n) is 3.06. The number of benzene rings is 4. The van der Waals surface area contributed by atoms with Gasteiger partial charge in [-0.25, -0.2) is 9.59 Å². The minimum absolute atomic E-state index is 0.558. The van der Waals surface area contributed by atoms with Gasteiger partial charge in [-0.3, -0.25) is 0 Å². The average Bonchev–Trinajstić information content (AvgIpc) is 2.89. The molecule has 0 radical (unpaired) electrons. The zero-order valence-electron chi connectivity index (χ0n) is 21.9. The Bertz CT molecular complexity index is 1190. The second kappa shape index (κ2) is 16.2. The Morgan fingerprint density at radius 3 is 0.868 bits per heavy atom. The first-order valence-electron chi connectivity index (χ1n) is 11.9. The maximum absolute atomic E-state index is 9.55. The Morgan fingerprint density at radius 1 is 0.474 bits per heavy atom. The van der Waals surface area contributed by atoms with Gasteiger partial charge in [0.15, 0.2) is 0 Å². The normalized spacial score (nSPS) is 10.1. The summed E-state index contributed by atoms with van der Waals surface area (Å²) in [5, 5.41) is 15.6. The molecule has 4 aromatic carbocycles. The van der Waals surface area contributed by atoms with E-state index in [1.807, 2.05) is 23.5 Å². The van der Waals surface area contributed by atoms with Crippen molar-refractivity contribution in [1.82, 2.24) is 0 Å². The minimum Gasteiger partial charge on any atom is -0.478 e.